The van der Waals surface area contributed by atoms with E-state index in [-0.39, 0.29) is 17.6 Å². The number of carbonyl (C=O) groups excluding carboxylic acids is 1. The highest BCUT2D eigenvalue weighted by atomic mass is 127. The van der Waals surface area contributed by atoms with Crippen molar-refractivity contribution in [2.75, 3.05) is 12.0 Å². The van der Waals surface area contributed by atoms with Crippen LogP contribution in [0.5, 0.6) is 5.75 Å². The lowest BCUT2D eigenvalue weighted by atomic mass is 10.0. The minimum Gasteiger partial charge on any atom is -0.497 e. The predicted molar refractivity (Wildman–Crippen MR) is 165 cm³/mol. The molecule has 9 heteroatoms. The molecule has 0 aliphatic carbocycles. The number of hydrogen-bond acceptors (Lipinski definition) is 5. The normalized spacial score (nSPS) is 11.8. The maximum atomic E-state index is 14.1. The first-order chi connectivity index (χ1) is 19.2. The zero-order valence-electron chi connectivity index (χ0n) is 22.8. The van der Waals surface area contributed by atoms with E-state index in [1.165, 1.54) is 12.1 Å². The van der Waals surface area contributed by atoms with Crippen LogP contribution in [0, 0.1) is 16.3 Å². The lowest BCUT2D eigenvalue weighted by Gasteiger charge is -2.34. The average molecular weight is 673 g/mol. The molecule has 0 bridgehead atoms. The maximum absolute atomic E-state index is 14.1. The van der Waals surface area contributed by atoms with Gasteiger partial charge in [0, 0.05) is 24.0 Å². The van der Waals surface area contributed by atoms with E-state index in [9.17, 15) is 9.18 Å². The number of anilines is 1. The second-order valence-corrected chi connectivity index (χ2v) is 11.2. The van der Waals surface area contributed by atoms with Crippen LogP contribution in [0.3, 0.4) is 0 Å². The molecule has 0 fully saturated rings. The van der Waals surface area contributed by atoms with Gasteiger partial charge in [0.2, 0.25) is 5.91 Å². The van der Waals surface area contributed by atoms with Gasteiger partial charge in [0.05, 0.1) is 16.4 Å². The highest BCUT2D eigenvalue weighted by Gasteiger charge is 2.31. The van der Waals surface area contributed by atoms with Crippen LogP contribution in [0.4, 0.5) is 10.2 Å². The molecule has 0 aliphatic heterocycles. The first-order valence-corrected chi connectivity index (χ1v) is 14.3. The van der Waals surface area contributed by atoms with Crippen molar-refractivity contribution >= 4 is 45.9 Å². The van der Waals surface area contributed by atoms with E-state index in [2.05, 4.69) is 32.9 Å². The largest absolute Gasteiger partial charge is 0.497 e. The van der Waals surface area contributed by atoms with Crippen molar-refractivity contribution in [3.63, 3.8) is 0 Å². The molecule has 3 aromatic carbocycles. The Balaban J connectivity index is 1.81. The van der Waals surface area contributed by atoms with E-state index >= 15 is 0 Å². The predicted octanol–water partition coefficient (Wildman–Crippen LogP) is 7.38. The minimum atomic E-state index is -0.808. The number of amides is 1. The summed E-state index contributed by atoms with van der Waals surface area (Å²) in [4.78, 5) is 25.7. The third kappa shape index (κ3) is 7.28. The summed E-state index contributed by atoms with van der Waals surface area (Å²) < 4.78 is 20.1. The molecule has 0 radical (unpaired) electrons. The third-order valence-electron chi connectivity index (χ3n) is 6.44. The molecular formula is C31H31ClFIN4O2. The molecule has 1 unspecified atom stereocenters. The highest BCUT2D eigenvalue weighted by Crippen LogP contribution is 2.34. The highest BCUT2D eigenvalue weighted by molar-refractivity contribution is 14.1. The molecule has 1 aromatic heterocycles. The molecule has 40 heavy (non-hydrogen) atoms. The molecule has 4 rings (SSSR count). The summed E-state index contributed by atoms with van der Waals surface area (Å²) in [5.41, 5.74) is 3.33. The van der Waals surface area contributed by atoms with Gasteiger partial charge in [-0.1, -0.05) is 61.8 Å². The zero-order chi connectivity index (χ0) is 28.8. The SMILES string of the molecule is COc1ccc(CNC(=O)C(c2ccc(F)cc2)N(Cc2ccc(Cl)cc2)c2nc(C(C)C)nc(C)c2I)cc1. The van der Waals surface area contributed by atoms with Crippen molar-refractivity contribution < 1.29 is 13.9 Å². The molecule has 4 aromatic rings. The number of aryl methyl sites for hydroxylation is 1. The van der Waals surface area contributed by atoms with Gasteiger partial charge >= 0.3 is 0 Å². The van der Waals surface area contributed by atoms with Gasteiger partial charge in [0.25, 0.3) is 0 Å². The van der Waals surface area contributed by atoms with Crippen LogP contribution in [-0.4, -0.2) is 23.0 Å². The monoisotopic (exact) mass is 672 g/mol. The Bertz CT molecular complexity index is 1450. The average Bonchev–Trinajstić information content (AvgIpc) is 2.95. The smallest absolute Gasteiger partial charge is 0.247 e. The van der Waals surface area contributed by atoms with E-state index in [0.717, 1.165) is 26.1 Å². The zero-order valence-corrected chi connectivity index (χ0v) is 25.7. The van der Waals surface area contributed by atoms with Gasteiger partial charge in [-0.3, -0.25) is 4.79 Å². The molecule has 1 heterocycles. The second kappa shape index (κ2) is 13.4. The van der Waals surface area contributed by atoms with Crippen LogP contribution in [0.25, 0.3) is 0 Å². The lowest BCUT2D eigenvalue weighted by molar-refractivity contribution is -0.122. The van der Waals surface area contributed by atoms with Crippen LogP contribution in [0.15, 0.2) is 72.8 Å². The Morgan fingerprint density at radius 1 is 1.00 bits per heavy atom. The molecule has 0 aliphatic rings. The van der Waals surface area contributed by atoms with Crippen molar-refractivity contribution in [1.82, 2.24) is 15.3 Å². The quantitative estimate of drug-likeness (QED) is 0.178. The topological polar surface area (TPSA) is 67.3 Å². The van der Waals surface area contributed by atoms with Crippen molar-refractivity contribution in [2.24, 2.45) is 0 Å². The van der Waals surface area contributed by atoms with E-state index in [1.807, 2.05) is 74.2 Å². The number of carbonyl (C=O) groups is 1. The van der Waals surface area contributed by atoms with Gasteiger partial charge in [-0.15, -0.1) is 0 Å². The molecule has 0 spiro atoms. The third-order valence-corrected chi connectivity index (χ3v) is 7.96. The number of ether oxygens (including phenoxy) is 1. The lowest BCUT2D eigenvalue weighted by Crippen LogP contribution is -2.41. The molecule has 0 saturated carbocycles. The van der Waals surface area contributed by atoms with Crippen LogP contribution >= 0.6 is 34.2 Å². The summed E-state index contributed by atoms with van der Waals surface area (Å²) in [6.07, 6.45) is 0. The van der Waals surface area contributed by atoms with Crippen LogP contribution < -0.4 is 15.0 Å². The van der Waals surface area contributed by atoms with Crippen LogP contribution in [-0.2, 0) is 17.9 Å². The molecule has 1 amide bonds. The fourth-order valence-corrected chi connectivity index (χ4v) is 4.91. The molecular weight excluding hydrogens is 642 g/mol. The Hall–Kier alpha value is -3.24. The summed E-state index contributed by atoms with van der Waals surface area (Å²) in [5.74, 6) is 1.53. The standard InChI is InChI=1S/C31H31ClFIN4O2/c1-19(2)29-36-20(3)27(34)30(37-29)38(18-22-5-11-24(32)12-6-22)28(23-9-13-25(33)14-10-23)31(39)35-17-21-7-15-26(40-4)16-8-21/h5-16,19,28H,17-18H2,1-4H3,(H,35,39). The molecule has 1 N–H and O–H groups in total. The van der Waals surface area contributed by atoms with Crippen LogP contribution in [0.2, 0.25) is 5.02 Å². The Morgan fingerprint density at radius 3 is 2.23 bits per heavy atom. The van der Waals surface area contributed by atoms with Crippen molar-refractivity contribution in [2.45, 2.75) is 45.8 Å². The van der Waals surface area contributed by atoms with Crippen molar-refractivity contribution in [1.29, 1.82) is 0 Å². The Kier molecular flexibility index (Phi) is 9.97. The van der Waals surface area contributed by atoms with Crippen molar-refractivity contribution in [3.05, 3.63) is 115 Å². The Labute approximate surface area is 253 Å². The number of methoxy groups -OCH3 is 1. The van der Waals surface area contributed by atoms with Crippen molar-refractivity contribution in [3.8, 4) is 5.75 Å². The van der Waals surface area contributed by atoms with E-state index < -0.39 is 6.04 Å². The molecule has 208 valence electrons. The fourth-order valence-electron chi connectivity index (χ4n) is 4.24. The molecule has 1 atom stereocenters. The first-order valence-electron chi connectivity index (χ1n) is 12.9. The number of hydrogen-bond donors (Lipinski definition) is 1. The number of halogens is 3. The Morgan fingerprint density at radius 2 is 1.62 bits per heavy atom. The number of nitrogens with one attached hydrogen (secondary N) is 1. The summed E-state index contributed by atoms with van der Waals surface area (Å²) in [7, 11) is 1.61. The second-order valence-electron chi connectivity index (χ2n) is 9.73. The van der Waals surface area contributed by atoms with E-state index in [4.69, 9.17) is 21.3 Å². The van der Waals surface area contributed by atoms with Gasteiger partial charge in [0.1, 0.15) is 29.3 Å². The van der Waals surface area contributed by atoms with Gasteiger partial charge in [0.15, 0.2) is 0 Å². The van der Waals surface area contributed by atoms with E-state index in [0.29, 0.717) is 35.3 Å². The number of aromatic nitrogens is 2. The maximum Gasteiger partial charge on any atom is 0.247 e. The van der Waals surface area contributed by atoms with E-state index in [1.54, 1.807) is 19.2 Å². The minimum absolute atomic E-state index is 0.0833. The van der Waals surface area contributed by atoms with Gasteiger partial charge in [-0.05, 0) is 82.6 Å². The number of rotatable bonds is 10. The fraction of sp³-hybridized carbons (Fsp3) is 0.258. The summed E-state index contributed by atoms with van der Waals surface area (Å²) in [6.45, 7) is 6.68. The van der Waals surface area contributed by atoms with Gasteiger partial charge in [-0.2, -0.15) is 0 Å². The summed E-state index contributed by atoms with van der Waals surface area (Å²) in [6, 6.07) is 20.2. The van der Waals surface area contributed by atoms with Gasteiger partial charge < -0.3 is 15.0 Å². The van der Waals surface area contributed by atoms with Gasteiger partial charge in [-0.25, -0.2) is 14.4 Å². The number of nitrogens with zero attached hydrogens (tertiary/aromatic N) is 3. The molecule has 0 saturated heterocycles. The summed E-state index contributed by atoms with van der Waals surface area (Å²) >= 11 is 8.40. The summed E-state index contributed by atoms with van der Waals surface area (Å²) in [5, 5.41) is 3.71. The van der Waals surface area contributed by atoms with Crippen LogP contribution in [0.1, 0.15) is 54.0 Å². The number of benzene rings is 3. The molecule has 6 nitrogen and oxygen atoms in total. The first kappa shape index (κ1) is 29.7.